The lowest BCUT2D eigenvalue weighted by atomic mass is 9.68. The molecule has 2 aliphatic rings. The Bertz CT molecular complexity index is 3880. The van der Waals surface area contributed by atoms with Crippen LogP contribution in [0.1, 0.15) is 22.3 Å². The zero-order chi connectivity index (χ0) is 44.8. The van der Waals surface area contributed by atoms with Crippen LogP contribution < -0.4 is 9.64 Å². The summed E-state index contributed by atoms with van der Waals surface area (Å²) < 4.78 is 8.96. The first kappa shape index (κ1) is 38.4. The van der Waals surface area contributed by atoms with Crippen molar-refractivity contribution in [3.05, 3.63) is 277 Å². The monoisotopic (exact) mass is 866 g/mol. The van der Waals surface area contributed by atoms with Gasteiger partial charge in [0.2, 0.25) is 0 Å². The van der Waals surface area contributed by atoms with Crippen LogP contribution in [-0.4, -0.2) is 4.57 Å². The smallest absolute Gasteiger partial charge is 0.152 e. The third-order valence-corrected chi connectivity index (χ3v) is 14.5. The molecular weight excluding hydrogens is 825 g/mol. The summed E-state index contributed by atoms with van der Waals surface area (Å²) >= 11 is 0. The lowest BCUT2D eigenvalue weighted by Gasteiger charge is -2.34. The molecule has 3 nitrogen and oxygen atoms in total. The molecule has 0 spiro atoms. The molecule has 14 rings (SSSR count). The van der Waals surface area contributed by atoms with Crippen LogP contribution in [0.15, 0.2) is 255 Å². The Labute approximate surface area is 395 Å². The minimum absolute atomic E-state index is 0.522. The van der Waals surface area contributed by atoms with Gasteiger partial charge in [-0.05, 0) is 115 Å². The molecule has 0 fully saturated rings. The Hall–Kier alpha value is -8.92. The van der Waals surface area contributed by atoms with Crippen molar-refractivity contribution in [1.29, 1.82) is 0 Å². The molecule has 0 N–H and O–H groups in total. The van der Waals surface area contributed by atoms with Gasteiger partial charge in [-0.25, -0.2) is 0 Å². The van der Waals surface area contributed by atoms with Crippen molar-refractivity contribution in [1.82, 2.24) is 4.57 Å². The van der Waals surface area contributed by atoms with Gasteiger partial charge in [0.15, 0.2) is 11.5 Å². The van der Waals surface area contributed by atoms with E-state index in [2.05, 4.69) is 264 Å². The predicted octanol–water partition coefficient (Wildman–Crippen LogP) is 17.2. The van der Waals surface area contributed by atoms with Gasteiger partial charge in [0, 0.05) is 27.7 Å². The highest BCUT2D eigenvalue weighted by atomic mass is 16.5. The molecule has 1 aliphatic heterocycles. The minimum Gasteiger partial charge on any atom is -0.453 e. The van der Waals surface area contributed by atoms with Crippen LogP contribution in [0.2, 0.25) is 0 Å². The number of ether oxygens (including phenoxy) is 1. The molecule has 1 aliphatic carbocycles. The molecule has 68 heavy (non-hydrogen) atoms. The fourth-order valence-electron chi connectivity index (χ4n) is 11.6. The van der Waals surface area contributed by atoms with Crippen LogP contribution in [0.4, 0.5) is 17.1 Å². The summed E-state index contributed by atoms with van der Waals surface area (Å²) in [6.07, 6.45) is 0. The van der Waals surface area contributed by atoms with Gasteiger partial charge < -0.3 is 14.2 Å². The third-order valence-electron chi connectivity index (χ3n) is 14.5. The molecule has 0 unspecified atom stereocenters. The zero-order valence-electron chi connectivity index (χ0n) is 37.1. The highest BCUT2D eigenvalue weighted by Crippen LogP contribution is 2.59. The zero-order valence-corrected chi connectivity index (χ0v) is 37.1. The van der Waals surface area contributed by atoms with E-state index in [1.807, 2.05) is 0 Å². The average Bonchev–Trinajstić information content (AvgIpc) is 3.92. The molecule has 2 heterocycles. The van der Waals surface area contributed by atoms with Crippen molar-refractivity contribution in [2.75, 3.05) is 4.90 Å². The van der Waals surface area contributed by atoms with Crippen LogP contribution >= 0.6 is 0 Å². The van der Waals surface area contributed by atoms with E-state index in [9.17, 15) is 0 Å². The van der Waals surface area contributed by atoms with Crippen LogP contribution in [0.5, 0.6) is 11.5 Å². The number of rotatable bonds is 7. The van der Waals surface area contributed by atoms with Crippen LogP contribution in [0.25, 0.3) is 71.6 Å². The molecule has 0 saturated carbocycles. The molecule has 11 aromatic carbocycles. The molecule has 318 valence electrons. The quantitative estimate of drug-likeness (QED) is 0.159. The van der Waals surface area contributed by atoms with Gasteiger partial charge >= 0.3 is 0 Å². The van der Waals surface area contributed by atoms with Crippen molar-refractivity contribution in [3.8, 4) is 50.6 Å². The topological polar surface area (TPSA) is 17.4 Å². The maximum absolute atomic E-state index is 6.58. The summed E-state index contributed by atoms with van der Waals surface area (Å²) in [7, 11) is 0. The summed E-state index contributed by atoms with van der Waals surface area (Å²) in [5, 5.41) is 4.91. The number of nitrogens with zero attached hydrogens (tertiary/aromatic N) is 2. The predicted molar refractivity (Wildman–Crippen MR) is 281 cm³/mol. The van der Waals surface area contributed by atoms with Crippen molar-refractivity contribution < 1.29 is 4.74 Å². The summed E-state index contributed by atoms with van der Waals surface area (Å²) in [6, 6.07) is 93.1. The van der Waals surface area contributed by atoms with Crippen LogP contribution in [0.3, 0.4) is 0 Å². The maximum atomic E-state index is 6.58. The number of benzene rings is 11. The molecule has 0 saturated heterocycles. The second-order valence-electron chi connectivity index (χ2n) is 18.0. The number of fused-ring (bicyclic) bond motifs is 9. The number of aromatic nitrogens is 1. The average molecular weight is 867 g/mol. The van der Waals surface area contributed by atoms with Crippen molar-refractivity contribution in [3.63, 3.8) is 0 Å². The largest absolute Gasteiger partial charge is 0.453 e. The number of hydrogen-bond acceptors (Lipinski definition) is 2. The molecule has 0 radical (unpaired) electrons. The molecule has 0 bridgehead atoms. The fraction of sp³-hybridized carbons (Fsp3) is 0.0154. The Morgan fingerprint density at radius 3 is 1.74 bits per heavy atom. The van der Waals surface area contributed by atoms with Gasteiger partial charge in [0.25, 0.3) is 0 Å². The summed E-state index contributed by atoms with van der Waals surface area (Å²) in [5.41, 5.74) is 18.3. The number of para-hydroxylation sites is 2. The highest BCUT2D eigenvalue weighted by Gasteiger charge is 2.47. The Morgan fingerprint density at radius 1 is 0.382 bits per heavy atom. The van der Waals surface area contributed by atoms with E-state index in [1.165, 1.54) is 71.6 Å². The standard InChI is InChI=1S/C65H42N2O/c1-3-18-47(19-4-1)65(48-20-5-2-6-21-48)56-27-11-9-24-55(56)63-57(65)28-15-30-59(63)66(50-39-34-45(35-40-50)52-25-13-17-44-16-7-8-22-51(44)52)49-37-32-43(33-38-49)46-36-41-61-60(42-46)67-58-29-12-10-23-53(58)54-26-14-31-62(68-61)64(54)67/h1-42H. The van der Waals surface area contributed by atoms with Crippen LogP contribution in [-0.2, 0) is 5.41 Å². The summed E-state index contributed by atoms with van der Waals surface area (Å²) in [6.45, 7) is 0. The Kier molecular flexibility index (Phi) is 8.50. The minimum atomic E-state index is -0.522. The number of hydrogen-bond donors (Lipinski definition) is 0. The molecule has 0 amide bonds. The molecule has 12 aromatic rings. The SMILES string of the molecule is c1ccc(C2(c3ccccc3)c3ccccc3-c3c(N(c4ccc(-c5ccc6c(c5)-n5c7ccccc7c7cccc(c75)O6)cc4)c4ccc(-c5cccc6ccccc56)cc4)cccc32)cc1. The van der Waals surface area contributed by atoms with Gasteiger partial charge in [0.05, 0.1) is 27.8 Å². The van der Waals surface area contributed by atoms with Gasteiger partial charge in [-0.1, -0.05) is 200 Å². The van der Waals surface area contributed by atoms with Crippen LogP contribution in [0, 0.1) is 0 Å². The first-order valence-corrected chi connectivity index (χ1v) is 23.4. The maximum Gasteiger partial charge on any atom is 0.152 e. The molecule has 3 heteroatoms. The van der Waals surface area contributed by atoms with E-state index in [4.69, 9.17) is 4.74 Å². The van der Waals surface area contributed by atoms with Gasteiger partial charge in [-0.2, -0.15) is 0 Å². The lowest BCUT2D eigenvalue weighted by Crippen LogP contribution is -2.28. The van der Waals surface area contributed by atoms with E-state index in [-0.39, 0.29) is 0 Å². The van der Waals surface area contributed by atoms with Crippen molar-refractivity contribution in [2.45, 2.75) is 5.41 Å². The van der Waals surface area contributed by atoms with Gasteiger partial charge in [-0.3, -0.25) is 0 Å². The summed E-state index contributed by atoms with van der Waals surface area (Å²) in [4.78, 5) is 2.46. The Balaban J connectivity index is 0.948. The number of anilines is 3. The lowest BCUT2D eigenvalue weighted by molar-refractivity contribution is 0.476. The second kappa shape index (κ2) is 15.1. The van der Waals surface area contributed by atoms with E-state index in [0.717, 1.165) is 50.9 Å². The highest BCUT2D eigenvalue weighted by molar-refractivity contribution is 6.12. The molecule has 1 aromatic heterocycles. The Morgan fingerprint density at radius 2 is 0.956 bits per heavy atom. The normalized spacial score (nSPS) is 12.9. The first-order valence-electron chi connectivity index (χ1n) is 23.4. The molecule has 0 atom stereocenters. The first-order chi connectivity index (χ1) is 33.7. The van der Waals surface area contributed by atoms with Crippen molar-refractivity contribution >= 4 is 49.6 Å². The van der Waals surface area contributed by atoms with E-state index in [0.29, 0.717) is 0 Å². The fourth-order valence-corrected chi connectivity index (χ4v) is 11.6. The van der Waals surface area contributed by atoms with E-state index < -0.39 is 5.41 Å². The van der Waals surface area contributed by atoms with E-state index >= 15 is 0 Å². The van der Waals surface area contributed by atoms with E-state index in [1.54, 1.807) is 0 Å². The van der Waals surface area contributed by atoms with Gasteiger partial charge in [-0.15, -0.1) is 0 Å². The third kappa shape index (κ3) is 5.60. The second-order valence-corrected chi connectivity index (χ2v) is 18.0. The van der Waals surface area contributed by atoms with Crippen molar-refractivity contribution in [2.24, 2.45) is 0 Å². The molecular formula is C65H42N2O. The summed E-state index contributed by atoms with van der Waals surface area (Å²) in [5.74, 6) is 1.73. The van der Waals surface area contributed by atoms with Gasteiger partial charge in [0.1, 0.15) is 0 Å².